The predicted octanol–water partition coefficient (Wildman–Crippen LogP) is 0.391. The zero-order valence-electron chi connectivity index (χ0n) is 11.5. The molecule has 6 nitrogen and oxygen atoms in total. The second-order valence-electron chi connectivity index (χ2n) is 4.87. The largest absolute Gasteiger partial charge is 0.468 e. The van der Waals surface area contributed by atoms with E-state index in [0.29, 0.717) is 19.1 Å². The molecule has 1 rings (SSSR count). The minimum Gasteiger partial charge on any atom is -0.468 e. The van der Waals surface area contributed by atoms with Gasteiger partial charge in [0.25, 0.3) is 0 Å². The maximum Gasteiger partial charge on any atom is 0.322 e. The summed E-state index contributed by atoms with van der Waals surface area (Å²) in [6, 6.07) is 0.493. The molecule has 0 aliphatic heterocycles. The van der Waals surface area contributed by atoms with Crippen LogP contribution in [0.5, 0.6) is 0 Å². The van der Waals surface area contributed by atoms with Crippen LogP contribution in [0.3, 0.4) is 0 Å². The van der Waals surface area contributed by atoms with Crippen LogP contribution in [0.4, 0.5) is 0 Å². The van der Waals surface area contributed by atoms with Crippen molar-refractivity contribution >= 4 is 16.0 Å². The van der Waals surface area contributed by atoms with Crippen molar-refractivity contribution in [2.24, 2.45) is 0 Å². The minimum atomic E-state index is -3.57. The van der Waals surface area contributed by atoms with E-state index in [1.54, 1.807) is 0 Å². The van der Waals surface area contributed by atoms with E-state index in [2.05, 4.69) is 14.8 Å². The van der Waals surface area contributed by atoms with Crippen molar-refractivity contribution < 1.29 is 17.9 Å². The zero-order valence-corrected chi connectivity index (χ0v) is 12.3. The van der Waals surface area contributed by atoms with E-state index in [1.807, 2.05) is 0 Å². The third-order valence-corrected chi connectivity index (χ3v) is 4.53. The van der Waals surface area contributed by atoms with E-state index in [4.69, 9.17) is 0 Å². The van der Waals surface area contributed by atoms with Gasteiger partial charge < -0.3 is 10.1 Å². The van der Waals surface area contributed by atoms with Gasteiger partial charge in [0.05, 0.1) is 7.11 Å². The second-order valence-corrected chi connectivity index (χ2v) is 6.68. The zero-order chi connectivity index (χ0) is 14.1. The van der Waals surface area contributed by atoms with Gasteiger partial charge in [0.1, 0.15) is 0 Å². The summed E-state index contributed by atoms with van der Waals surface area (Å²) < 4.78 is 29.6. The van der Waals surface area contributed by atoms with E-state index in [-0.39, 0.29) is 0 Å². The summed E-state index contributed by atoms with van der Waals surface area (Å²) in [5, 5.41) is 3.36. The molecule has 0 amide bonds. The number of carbonyl (C=O) groups excluding carboxylic acids is 1. The van der Waals surface area contributed by atoms with Gasteiger partial charge in [0.2, 0.25) is 10.0 Å². The highest BCUT2D eigenvalue weighted by Crippen LogP contribution is 2.16. The molecule has 2 N–H and O–H groups in total. The fraction of sp³-hybridized carbons (Fsp3) is 0.917. The summed E-state index contributed by atoms with van der Waals surface area (Å²) >= 11 is 0. The van der Waals surface area contributed by atoms with Gasteiger partial charge >= 0.3 is 5.97 Å². The Morgan fingerprint density at radius 1 is 1.16 bits per heavy atom. The lowest BCUT2D eigenvalue weighted by Crippen LogP contribution is -2.38. The Labute approximate surface area is 115 Å². The van der Waals surface area contributed by atoms with Gasteiger partial charge in [0, 0.05) is 19.1 Å². The second kappa shape index (κ2) is 8.50. The highest BCUT2D eigenvalue weighted by molar-refractivity contribution is 7.90. The molecule has 0 radical (unpaired) electrons. The molecule has 1 aliphatic carbocycles. The Bertz CT molecular complexity index is 362. The van der Waals surface area contributed by atoms with Gasteiger partial charge in [-0.15, -0.1) is 0 Å². The van der Waals surface area contributed by atoms with E-state index >= 15 is 0 Å². The third kappa shape index (κ3) is 7.49. The van der Waals surface area contributed by atoms with Crippen LogP contribution in [0.1, 0.15) is 38.5 Å². The highest BCUT2D eigenvalue weighted by atomic mass is 32.2. The molecular weight excluding hydrogens is 268 g/mol. The number of nitrogens with one attached hydrogen (secondary N) is 2. The smallest absolute Gasteiger partial charge is 0.322 e. The van der Waals surface area contributed by atoms with Gasteiger partial charge in [-0.1, -0.05) is 25.7 Å². The summed E-state index contributed by atoms with van der Waals surface area (Å²) in [6.07, 6.45) is 7.40. The van der Waals surface area contributed by atoms with E-state index in [0.717, 1.165) is 12.8 Å². The summed E-state index contributed by atoms with van der Waals surface area (Å²) in [6.45, 7) is 0.890. The van der Waals surface area contributed by atoms with Gasteiger partial charge in [-0.05, 0) is 12.8 Å². The molecule has 0 aromatic carbocycles. The van der Waals surface area contributed by atoms with Crippen molar-refractivity contribution in [3.8, 4) is 0 Å². The SMILES string of the molecule is COC(=O)CS(=O)(=O)NCCNC1CCCCCC1. The number of carbonyl (C=O) groups is 1. The molecule has 0 aromatic rings. The van der Waals surface area contributed by atoms with Crippen molar-refractivity contribution in [1.29, 1.82) is 0 Å². The first-order valence-electron chi connectivity index (χ1n) is 6.81. The summed E-state index contributed by atoms with van der Waals surface area (Å²) in [7, 11) is -2.40. The van der Waals surface area contributed by atoms with Crippen molar-refractivity contribution in [3.63, 3.8) is 0 Å². The monoisotopic (exact) mass is 292 g/mol. The lowest BCUT2D eigenvalue weighted by molar-refractivity contribution is -0.137. The quantitative estimate of drug-likeness (QED) is 0.403. The Morgan fingerprint density at radius 3 is 2.37 bits per heavy atom. The maximum absolute atomic E-state index is 11.5. The number of hydrogen-bond acceptors (Lipinski definition) is 5. The van der Waals surface area contributed by atoms with E-state index in [9.17, 15) is 13.2 Å². The summed E-state index contributed by atoms with van der Waals surface area (Å²) in [5.41, 5.74) is 0. The molecular formula is C12H24N2O4S. The van der Waals surface area contributed by atoms with Crippen LogP contribution in [0.25, 0.3) is 0 Å². The number of sulfonamides is 1. The maximum atomic E-state index is 11.5. The first-order chi connectivity index (χ1) is 9.03. The fourth-order valence-electron chi connectivity index (χ4n) is 2.23. The van der Waals surface area contributed by atoms with Crippen LogP contribution < -0.4 is 10.0 Å². The molecule has 0 heterocycles. The molecule has 0 saturated heterocycles. The number of rotatable bonds is 7. The average Bonchev–Trinajstić information content (AvgIpc) is 2.62. The Morgan fingerprint density at radius 2 is 1.79 bits per heavy atom. The Balaban J connectivity index is 2.17. The number of methoxy groups -OCH3 is 1. The van der Waals surface area contributed by atoms with Crippen molar-refractivity contribution in [1.82, 2.24) is 10.0 Å². The number of ether oxygens (including phenoxy) is 1. The van der Waals surface area contributed by atoms with Crippen molar-refractivity contribution in [2.75, 3.05) is 26.0 Å². The molecule has 0 atom stereocenters. The van der Waals surface area contributed by atoms with Crippen molar-refractivity contribution in [3.05, 3.63) is 0 Å². The Kier molecular flexibility index (Phi) is 7.33. The van der Waals surface area contributed by atoms with E-state index < -0.39 is 21.7 Å². The van der Waals surface area contributed by atoms with Gasteiger partial charge in [0.15, 0.2) is 5.75 Å². The summed E-state index contributed by atoms with van der Waals surface area (Å²) in [5.74, 6) is -1.36. The van der Waals surface area contributed by atoms with Crippen LogP contribution in [0.15, 0.2) is 0 Å². The third-order valence-electron chi connectivity index (χ3n) is 3.27. The molecule has 1 fully saturated rings. The lowest BCUT2D eigenvalue weighted by atomic mass is 10.1. The number of hydrogen-bond donors (Lipinski definition) is 2. The van der Waals surface area contributed by atoms with Crippen molar-refractivity contribution in [2.45, 2.75) is 44.6 Å². The first-order valence-corrected chi connectivity index (χ1v) is 8.46. The standard InChI is InChI=1S/C12H24N2O4S/c1-18-12(15)10-19(16,17)14-9-8-13-11-6-4-2-3-5-7-11/h11,13-14H,2-10H2,1H3. The average molecular weight is 292 g/mol. The van der Waals surface area contributed by atoms with Crippen LogP contribution in [0.2, 0.25) is 0 Å². The van der Waals surface area contributed by atoms with Gasteiger partial charge in [-0.3, -0.25) is 4.79 Å². The van der Waals surface area contributed by atoms with Crippen LogP contribution in [-0.2, 0) is 19.6 Å². The molecule has 0 bridgehead atoms. The molecule has 0 spiro atoms. The molecule has 0 aromatic heterocycles. The topological polar surface area (TPSA) is 84.5 Å². The minimum absolute atomic E-state index is 0.301. The van der Waals surface area contributed by atoms with Crippen LogP contribution >= 0.6 is 0 Å². The van der Waals surface area contributed by atoms with Crippen LogP contribution in [-0.4, -0.2) is 46.4 Å². The van der Waals surface area contributed by atoms with Crippen LogP contribution in [0, 0.1) is 0 Å². The molecule has 19 heavy (non-hydrogen) atoms. The highest BCUT2D eigenvalue weighted by Gasteiger charge is 2.16. The van der Waals surface area contributed by atoms with E-state index in [1.165, 1.54) is 32.8 Å². The molecule has 7 heteroatoms. The summed E-state index contributed by atoms with van der Waals surface area (Å²) in [4.78, 5) is 10.9. The fourth-order valence-corrected chi connectivity index (χ4v) is 3.17. The Hall–Kier alpha value is -0.660. The molecule has 0 unspecified atom stereocenters. The lowest BCUT2D eigenvalue weighted by Gasteiger charge is -2.16. The van der Waals surface area contributed by atoms with Gasteiger partial charge in [-0.25, -0.2) is 13.1 Å². The van der Waals surface area contributed by atoms with Gasteiger partial charge in [-0.2, -0.15) is 0 Å². The molecule has 112 valence electrons. The normalized spacial score (nSPS) is 17.9. The molecule has 1 aliphatic rings. The predicted molar refractivity (Wildman–Crippen MR) is 73.3 cm³/mol. The first kappa shape index (κ1) is 16.4. The molecule has 1 saturated carbocycles. The number of esters is 1.